The van der Waals surface area contributed by atoms with Crippen molar-refractivity contribution in [1.29, 1.82) is 0 Å². The maximum absolute atomic E-state index is 5.98. The van der Waals surface area contributed by atoms with Gasteiger partial charge in [0.05, 0.1) is 0 Å². The first-order chi connectivity index (χ1) is 8.75. The van der Waals surface area contributed by atoms with Crippen LogP contribution in [-0.4, -0.2) is 12.2 Å². The lowest BCUT2D eigenvalue weighted by atomic mass is 10.0. The van der Waals surface area contributed by atoms with Gasteiger partial charge in [-0.05, 0) is 26.0 Å². The van der Waals surface area contributed by atoms with E-state index in [0.717, 1.165) is 22.6 Å². The van der Waals surface area contributed by atoms with Gasteiger partial charge in [0, 0.05) is 11.1 Å². The monoisotopic (exact) mass is 240 g/mol. The number of fused-ring (bicyclic) bond motifs is 3. The van der Waals surface area contributed by atoms with E-state index in [2.05, 4.69) is 12.1 Å². The van der Waals surface area contributed by atoms with Gasteiger partial charge in [0.25, 0.3) is 0 Å². The Morgan fingerprint density at radius 3 is 1.50 bits per heavy atom. The van der Waals surface area contributed by atoms with E-state index in [0.29, 0.717) is 0 Å². The van der Waals surface area contributed by atoms with Crippen molar-refractivity contribution in [3.63, 3.8) is 0 Å². The van der Waals surface area contributed by atoms with Crippen LogP contribution in [0.4, 0.5) is 0 Å². The molecule has 18 heavy (non-hydrogen) atoms. The van der Waals surface area contributed by atoms with E-state index in [1.54, 1.807) is 0 Å². The molecule has 2 nitrogen and oxygen atoms in total. The van der Waals surface area contributed by atoms with Crippen molar-refractivity contribution in [2.24, 2.45) is 0 Å². The van der Waals surface area contributed by atoms with Gasteiger partial charge in [-0.1, -0.05) is 36.4 Å². The smallest absolute Gasteiger partial charge is 0.132 e. The van der Waals surface area contributed by atoms with Crippen LogP contribution in [0.1, 0.15) is 13.8 Å². The Morgan fingerprint density at radius 2 is 1.06 bits per heavy atom. The summed E-state index contributed by atoms with van der Waals surface area (Å²) >= 11 is 0. The maximum Gasteiger partial charge on any atom is 0.132 e. The highest BCUT2D eigenvalue weighted by Crippen LogP contribution is 2.39. The summed E-state index contributed by atoms with van der Waals surface area (Å²) in [5, 5.41) is 0. The molecule has 2 heteroatoms. The molecule has 2 aromatic carbocycles. The molecule has 2 unspecified atom stereocenters. The zero-order chi connectivity index (χ0) is 12.5. The highest BCUT2D eigenvalue weighted by atomic mass is 16.5. The van der Waals surface area contributed by atoms with Crippen LogP contribution in [0.25, 0.3) is 11.1 Å². The zero-order valence-corrected chi connectivity index (χ0v) is 10.6. The molecule has 2 aromatic rings. The van der Waals surface area contributed by atoms with Crippen molar-refractivity contribution >= 4 is 0 Å². The molecule has 1 aliphatic heterocycles. The van der Waals surface area contributed by atoms with E-state index >= 15 is 0 Å². The van der Waals surface area contributed by atoms with Crippen LogP contribution in [0.15, 0.2) is 48.5 Å². The first kappa shape index (κ1) is 11.1. The van der Waals surface area contributed by atoms with Crippen molar-refractivity contribution < 1.29 is 9.47 Å². The SMILES string of the molecule is CC1Oc2ccccc2-c2ccccc2OC1C. The minimum Gasteiger partial charge on any atom is -0.486 e. The van der Waals surface area contributed by atoms with Gasteiger partial charge >= 0.3 is 0 Å². The summed E-state index contributed by atoms with van der Waals surface area (Å²) in [4.78, 5) is 0. The summed E-state index contributed by atoms with van der Waals surface area (Å²) in [5.41, 5.74) is 2.18. The Hall–Kier alpha value is -1.96. The zero-order valence-electron chi connectivity index (χ0n) is 10.6. The summed E-state index contributed by atoms with van der Waals surface area (Å²) in [6, 6.07) is 16.2. The Balaban J connectivity index is 2.21. The minimum absolute atomic E-state index is 0.0273. The molecule has 0 spiro atoms. The van der Waals surface area contributed by atoms with Crippen molar-refractivity contribution in [2.45, 2.75) is 26.1 Å². The van der Waals surface area contributed by atoms with Crippen LogP contribution in [0.2, 0.25) is 0 Å². The van der Waals surface area contributed by atoms with E-state index < -0.39 is 0 Å². The molecule has 1 aliphatic rings. The normalized spacial score (nSPS) is 21.7. The second kappa shape index (κ2) is 4.37. The molecule has 0 aromatic heterocycles. The van der Waals surface area contributed by atoms with E-state index in [-0.39, 0.29) is 12.2 Å². The van der Waals surface area contributed by atoms with Crippen molar-refractivity contribution in [2.75, 3.05) is 0 Å². The van der Waals surface area contributed by atoms with E-state index in [4.69, 9.17) is 9.47 Å². The van der Waals surface area contributed by atoms with E-state index in [9.17, 15) is 0 Å². The molecule has 0 bridgehead atoms. The molecule has 0 saturated heterocycles. The van der Waals surface area contributed by atoms with Crippen LogP contribution < -0.4 is 9.47 Å². The molecular weight excluding hydrogens is 224 g/mol. The fraction of sp³-hybridized carbons (Fsp3) is 0.250. The van der Waals surface area contributed by atoms with Crippen LogP contribution in [0.5, 0.6) is 11.5 Å². The maximum atomic E-state index is 5.98. The van der Waals surface area contributed by atoms with Gasteiger partial charge in [0.2, 0.25) is 0 Å². The van der Waals surface area contributed by atoms with Crippen molar-refractivity contribution in [1.82, 2.24) is 0 Å². The summed E-state index contributed by atoms with van der Waals surface area (Å²) in [6.07, 6.45) is 0.0546. The van der Waals surface area contributed by atoms with Gasteiger partial charge in [0.15, 0.2) is 0 Å². The quantitative estimate of drug-likeness (QED) is 0.695. The third kappa shape index (κ3) is 1.84. The number of hydrogen-bond acceptors (Lipinski definition) is 2. The van der Waals surface area contributed by atoms with Gasteiger partial charge < -0.3 is 9.47 Å². The van der Waals surface area contributed by atoms with E-state index in [1.165, 1.54) is 0 Å². The largest absolute Gasteiger partial charge is 0.486 e. The van der Waals surface area contributed by atoms with Crippen LogP contribution in [-0.2, 0) is 0 Å². The highest BCUT2D eigenvalue weighted by Gasteiger charge is 2.22. The third-order valence-corrected chi connectivity index (χ3v) is 3.35. The van der Waals surface area contributed by atoms with E-state index in [1.807, 2.05) is 50.2 Å². The fourth-order valence-electron chi connectivity index (χ4n) is 2.18. The molecule has 0 amide bonds. The second-order valence-corrected chi connectivity index (χ2v) is 4.64. The lowest BCUT2D eigenvalue weighted by molar-refractivity contribution is 0.0761. The molecule has 0 N–H and O–H groups in total. The van der Waals surface area contributed by atoms with Crippen LogP contribution in [0.3, 0.4) is 0 Å². The number of rotatable bonds is 0. The predicted octanol–water partition coefficient (Wildman–Crippen LogP) is 3.90. The standard InChI is InChI=1S/C16H16O2/c1-11-12(2)18-16-10-6-4-8-14(16)13-7-3-5-9-15(13)17-11/h3-12H,1-2H3. The number of ether oxygens (including phenoxy) is 2. The Bertz CT molecular complexity index is 511. The molecular formula is C16H16O2. The highest BCUT2D eigenvalue weighted by molar-refractivity contribution is 5.76. The van der Waals surface area contributed by atoms with Gasteiger partial charge in [-0.25, -0.2) is 0 Å². The molecule has 2 atom stereocenters. The van der Waals surface area contributed by atoms with Gasteiger partial charge in [-0.3, -0.25) is 0 Å². The Labute approximate surface area is 107 Å². The van der Waals surface area contributed by atoms with Gasteiger partial charge in [0.1, 0.15) is 23.7 Å². The molecule has 0 radical (unpaired) electrons. The average Bonchev–Trinajstić information content (AvgIpc) is 2.39. The fourth-order valence-corrected chi connectivity index (χ4v) is 2.18. The minimum atomic E-state index is 0.0273. The molecule has 1 heterocycles. The summed E-state index contributed by atoms with van der Waals surface area (Å²) in [6.45, 7) is 4.07. The van der Waals surface area contributed by atoms with Crippen LogP contribution >= 0.6 is 0 Å². The summed E-state index contributed by atoms with van der Waals surface area (Å²) < 4.78 is 12.0. The topological polar surface area (TPSA) is 18.5 Å². The summed E-state index contributed by atoms with van der Waals surface area (Å²) in [7, 11) is 0. The lowest BCUT2D eigenvalue weighted by Gasteiger charge is -2.28. The molecule has 0 fully saturated rings. The van der Waals surface area contributed by atoms with Crippen molar-refractivity contribution in [3.05, 3.63) is 48.5 Å². The Morgan fingerprint density at radius 1 is 0.667 bits per heavy atom. The predicted molar refractivity (Wildman–Crippen MR) is 72.1 cm³/mol. The molecule has 0 aliphatic carbocycles. The molecule has 92 valence electrons. The average molecular weight is 240 g/mol. The number of para-hydroxylation sites is 2. The molecule has 0 saturated carbocycles. The van der Waals surface area contributed by atoms with Gasteiger partial charge in [-0.2, -0.15) is 0 Å². The number of hydrogen-bond donors (Lipinski definition) is 0. The van der Waals surface area contributed by atoms with Crippen molar-refractivity contribution in [3.8, 4) is 22.6 Å². The first-order valence-electron chi connectivity index (χ1n) is 6.27. The second-order valence-electron chi connectivity index (χ2n) is 4.64. The molecule has 3 rings (SSSR count). The lowest BCUT2D eigenvalue weighted by Crippen LogP contribution is -2.32. The first-order valence-corrected chi connectivity index (χ1v) is 6.27. The third-order valence-electron chi connectivity index (χ3n) is 3.35. The summed E-state index contributed by atoms with van der Waals surface area (Å²) in [5.74, 6) is 1.85. The number of benzene rings is 2. The Kier molecular flexibility index (Phi) is 2.71. The van der Waals surface area contributed by atoms with Crippen LogP contribution in [0, 0.1) is 0 Å². The van der Waals surface area contributed by atoms with Gasteiger partial charge in [-0.15, -0.1) is 0 Å².